The summed E-state index contributed by atoms with van der Waals surface area (Å²) in [6, 6.07) is 5.02. The molecule has 0 bridgehead atoms. The summed E-state index contributed by atoms with van der Waals surface area (Å²) < 4.78 is 15.8. The highest BCUT2D eigenvalue weighted by atomic mass is 16.5. The van der Waals surface area contributed by atoms with E-state index < -0.39 is 0 Å². The minimum atomic E-state index is -0.230. The molecule has 0 aliphatic carbocycles. The zero-order valence-corrected chi connectivity index (χ0v) is 13.2. The molecule has 1 aromatic carbocycles. The van der Waals surface area contributed by atoms with Crippen LogP contribution in [-0.2, 0) is 4.74 Å². The molecular weight excluding hydrogens is 284 g/mol. The van der Waals surface area contributed by atoms with Gasteiger partial charge in [0.2, 0.25) is 0 Å². The van der Waals surface area contributed by atoms with Crippen LogP contribution in [0, 0.1) is 5.92 Å². The van der Waals surface area contributed by atoms with Gasteiger partial charge in [-0.1, -0.05) is 0 Å². The summed E-state index contributed by atoms with van der Waals surface area (Å²) in [5.41, 5.74) is 0.634. The van der Waals surface area contributed by atoms with Crippen LogP contribution in [0.3, 0.4) is 0 Å². The quantitative estimate of drug-likeness (QED) is 0.847. The maximum Gasteiger partial charge on any atom is 0.319 e. The van der Waals surface area contributed by atoms with Gasteiger partial charge < -0.3 is 24.8 Å². The van der Waals surface area contributed by atoms with Gasteiger partial charge in [-0.2, -0.15) is 0 Å². The van der Waals surface area contributed by atoms with Gasteiger partial charge in [0.15, 0.2) is 0 Å². The van der Waals surface area contributed by atoms with Crippen LogP contribution in [0.2, 0.25) is 0 Å². The van der Waals surface area contributed by atoms with Crippen LogP contribution in [0.25, 0.3) is 0 Å². The number of benzene rings is 1. The highest BCUT2D eigenvalue weighted by Gasteiger charge is 2.14. The van der Waals surface area contributed by atoms with Crippen LogP contribution in [0.1, 0.15) is 19.3 Å². The Morgan fingerprint density at radius 1 is 1.27 bits per heavy atom. The first-order valence-corrected chi connectivity index (χ1v) is 7.57. The van der Waals surface area contributed by atoms with E-state index in [9.17, 15) is 4.79 Å². The lowest BCUT2D eigenvalue weighted by molar-refractivity contribution is 0.0520. The van der Waals surface area contributed by atoms with E-state index in [0.717, 1.165) is 26.1 Å². The van der Waals surface area contributed by atoms with E-state index in [0.29, 0.717) is 29.6 Å². The first-order valence-electron chi connectivity index (χ1n) is 7.57. The molecule has 6 heteroatoms. The zero-order chi connectivity index (χ0) is 15.8. The number of anilines is 1. The SMILES string of the molecule is COc1cc(NC(=O)NCCC2CCCOC2)cc(OC)c1. The highest BCUT2D eigenvalue weighted by molar-refractivity contribution is 5.89. The minimum absolute atomic E-state index is 0.230. The molecule has 2 rings (SSSR count). The number of urea groups is 1. The number of nitrogens with one attached hydrogen (secondary N) is 2. The van der Waals surface area contributed by atoms with Crippen LogP contribution in [0.4, 0.5) is 10.5 Å². The number of ether oxygens (including phenoxy) is 3. The Kier molecular flexibility index (Phi) is 6.33. The molecular formula is C16H24N2O4. The molecule has 6 nitrogen and oxygen atoms in total. The molecule has 1 saturated heterocycles. The summed E-state index contributed by atoms with van der Waals surface area (Å²) in [6.07, 6.45) is 3.23. The van der Waals surface area contributed by atoms with Crippen molar-refractivity contribution in [1.29, 1.82) is 0 Å². The fourth-order valence-electron chi connectivity index (χ4n) is 2.48. The number of hydrogen-bond donors (Lipinski definition) is 2. The van der Waals surface area contributed by atoms with Crippen molar-refractivity contribution in [1.82, 2.24) is 5.32 Å². The molecule has 1 aliphatic heterocycles. The maximum atomic E-state index is 11.9. The van der Waals surface area contributed by atoms with Gasteiger partial charge in [-0.3, -0.25) is 0 Å². The van der Waals surface area contributed by atoms with Gasteiger partial charge in [0.05, 0.1) is 14.2 Å². The van der Waals surface area contributed by atoms with Crippen molar-refractivity contribution in [2.45, 2.75) is 19.3 Å². The van der Waals surface area contributed by atoms with Crippen molar-refractivity contribution in [3.63, 3.8) is 0 Å². The van der Waals surface area contributed by atoms with E-state index in [1.165, 1.54) is 6.42 Å². The molecule has 2 N–H and O–H groups in total. The zero-order valence-electron chi connectivity index (χ0n) is 13.2. The number of methoxy groups -OCH3 is 2. The van der Waals surface area contributed by atoms with Crippen molar-refractivity contribution in [3.05, 3.63) is 18.2 Å². The molecule has 1 atom stereocenters. The molecule has 22 heavy (non-hydrogen) atoms. The first-order chi connectivity index (χ1) is 10.7. The van der Waals surface area contributed by atoms with E-state index in [1.807, 2.05) is 0 Å². The third-order valence-electron chi connectivity index (χ3n) is 3.70. The Morgan fingerprint density at radius 3 is 2.59 bits per heavy atom. The van der Waals surface area contributed by atoms with E-state index in [2.05, 4.69) is 10.6 Å². The van der Waals surface area contributed by atoms with Gasteiger partial charge in [0.1, 0.15) is 11.5 Å². The third kappa shape index (κ3) is 5.11. The normalized spacial score (nSPS) is 17.6. The number of hydrogen-bond acceptors (Lipinski definition) is 4. The molecule has 1 heterocycles. The van der Waals surface area contributed by atoms with Crippen molar-refractivity contribution >= 4 is 11.7 Å². The average molecular weight is 308 g/mol. The lowest BCUT2D eigenvalue weighted by Crippen LogP contribution is -2.31. The van der Waals surface area contributed by atoms with Crippen molar-refractivity contribution < 1.29 is 19.0 Å². The second-order valence-electron chi connectivity index (χ2n) is 5.35. The van der Waals surface area contributed by atoms with Gasteiger partial charge in [0, 0.05) is 43.6 Å². The average Bonchev–Trinajstić information content (AvgIpc) is 2.55. The summed E-state index contributed by atoms with van der Waals surface area (Å²) >= 11 is 0. The highest BCUT2D eigenvalue weighted by Crippen LogP contribution is 2.25. The van der Waals surface area contributed by atoms with Crippen molar-refractivity contribution in [2.24, 2.45) is 5.92 Å². The van der Waals surface area contributed by atoms with Gasteiger partial charge in [0.25, 0.3) is 0 Å². The van der Waals surface area contributed by atoms with Crippen molar-refractivity contribution in [3.8, 4) is 11.5 Å². The van der Waals surface area contributed by atoms with Gasteiger partial charge in [-0.15, -0.1) is 0 Å². The Labute approximate surface area is 131 Å². The van der Waals surface area contributed by atoms with Crippen LogP contribution in [-0.4, -0.2) is 40.0 Å². The molecule has 1 unspecified atom stereocenters. The van der Waals surface area contributed by atoms with Crippen LogP contribution < -0.4 is 20.1 Å². The maximum absolute atomic E-state index is 11.9. The lowest BCUT2D eigenvalue weighted by atomic mass is 9.99. The third-order valence-corrected chi connectivity index (χ3v) is 3.70. The Morgan fingerprint density at radius 2 is 2.00 bits per heavy atom. The smallest absolute Gasteiger partial charge is 0.319 e. The van der Waals surface area contributed by atoms with Gasteiger partial charge in [-0.05, 0) is 25.2 Å². The number of carbonyl (C=O) groups excluding carboxylic acids is 1. The number of rotatable bonds is 6. The summed E-state index contributed by atoms with van der Waals surface area (Å²) in [5.74, 6) is 1.81. The van der Waals surface area contributed by atoms with Crippen LogP contribution in [0.5, 0.6) is 11.5 Å². The second-order valence-corrected chi connectivity index (χ2v) is 5.35. The topological polar surface area (TPSA) is 68.8 Å². The largest absolute Gasteiger partial charge is 0.497 e. The molecule has 122 valence electrons. The fraction of sp³-hybridized carbons (Fsp3) is 0.562. The molecule has 0 radical (unpaired) electrons. The Bertz CT molecular complexity index is 465. The fourth-order valence-corrected chi connectivity index (χ4v) is 2.48. The predicted octanol–water partition coefficient (Wildman–Crippen LogP) is 2.64. The van der Waals surface area contributed by atoms with E-state index in [1.54, 1.807) is 32.4 Å². The van der Waals surface area contributed by atoms with E-state index in [4.69, 9.17) is 14.2 Å². The standard InChI is InChI=1S/C16H24N2O4/c1-20-14-8-13(9-15(10-14)21-2)18-16(19)17-6-5-12-4-3-7-22-11-12/h8-10,12H,3-7,11H2,1-2H3,(H2,17,18,19). The number of carbonyl (C=O) groups is 1. The van der Waals surface area contributed by atoms with Gasteiger partial charge in [-0.25, -0.2) is 4.79 Å². The summed E-state index contributed by atoms with van der Waals surface area (Å²) in [6.45, 7) is 2.30. The molecule has 0 spiro atoms. The summed E-state index contributed by atoms with van der Waals surface area (Å²) in [4.78, 5) is 11.9. The molecule has 2 amide bonds. The first kappa shape index (κ1) is 16.4. The molecule has 0 saturated carbocycles. The molecule has 1 aliphatic rings. The van der Waals surface area contributed by atoms with E-state index in [-0.39, 0.29) is 6.03 Å². The van der Waals surface area contributed by atoms with Crippen LogP contribution in [0.15, 0.2) is 18.2 Å². The monoisotopic (exact) mass is 308 g/mol. The van der Waals surface area contributed by atoms with Crippen LogP contribution >= 0.6 is 0 Å². The van der Waals surface area contributed by atoms with Crippen molar-refractivity contribution in [2.75, 3.05) is 39.3 Å². The predicted molar refractivity (Wildman–Crippen MR) is 84.7 cm³/mol. The number of amides is 2. The lowest BCUT2D eigenvalue weighted by Gasteiger charge is -2.21. The van der Waals surface area contributed by atoms with Gasteiger partial charge >= 0.3 is 6.03 Å². The second kappa shape index (κ2) is 8.48. The molecule has 1 aromatic rings. The molecule has 1 fully saturated rings. The Balaban J connectivity index is 1.78. The Hall–Kier alpha value is -1.95. The summed E-state index contributed by atoms with van der Waals surface area (Å²) in [5, 5.41) is 5.65. The summed E-state index contributed by atoms with van der Waals surface area (Å²) in [7, 11) is 3.15. The molecule has 0 aromatic heterocycles. The minimum Gasteiger partial charge on any atom is -0.497 e. The van der Waals surface area contributed by atoms with E-state index >= 15 is 0 Å².